The summed E-state index contributed by atoms with van der Waals surface area (Å²) in [5, 5.41) is 7.93. The van der Waals surface area contributed by atoms with Crippen molar-refractivity contribution in [3.05, 3.63) is 17.0 Å². The molecule has 0 saturated carbocycles. The van der Waals surface area contributed by atoms with Crippen LogP contribution in [0.2, 0.25) is 0 Å². The second-order valence-electron chi connectivity index (χ2n) is 4.96. The molecule has 0 aromatic carbocycles. The van der Waals surface area contributed by atoms with E-state index in [1.165, 1.54) is 11.3 Å². The van der Waals surface area contributed by atoms with Crippen LogP contribution in [0.5, 0.6) is 0 Å². The van der Waals surface area contributed by atoms with Crippen LogP contribution in [-0.2, 0) is 22.6 Å². The molecule has 0 fully saturated rings. The quantitative estimate of drug-likeness (QED) is 0.693. The Kier molecular flexibility index (Phi) is 7.05. The Hall–Kier alpha value is -0.910. The van der Waals surface area contributed by atoms with Crippen molar-refractivity contribution in [1.29, 1.82) is 0 Å². The molecular formula is C14H27N3O2. The fourth-order valence-corrected chi connectivity index (χ4v) is 1.97. The van der Waals surface area contributed by atoms with Gasteiger partial charge < -0.3 is 14.8 Å². The molecule has 19 heavy (non-hydrogen) atoms. The monoisotopic (exact) mass is 269 g/mol. The van der Waals surface area contributed by atoms with E-state index in [4.69, 9.17) is 9.47 Å². The van der Waals surface area contributed by atoms with Crippen molar-refractivity contribution in [2.75, 3.05) is 26.9 Å². The van der Waals surface area contributed by atoms with Gasteiger partial charge in [0.05, 0.1) is 31.6 Å². The van der Waals surface area contributed by atoms with Crippen LogP contribution in [-0.4, -0.2) is 42.8 Å². The molecule has 0 aliphatic heterocycles. The lowest BCUT2D eigenvalue weighted by molar-refractivity contribution is 0.0706. The van der Waals surface area contributed by atoms with Gasteiger partial charge in [-0.3, -0.25) is 4.68 Å². The van der Waals surface area contributed by atoms with Crippen LogP contribution in [0, 0.1) is 13.8 Å². The van der Waals surface area contributed by atoms with E-state index in [1.807, 2.05) is 18.5 Å². The predicted molar refractivity (Wildman–Crippen MR) is 76.4 cm³/mol. The highest BCUT2D eigenvalue weighted by Crippen LogP contribution is 2.12. The van der Waals surface area contributed by atoms with Gasteiger partial charge in [-0.1, -0.05) is 0 Å². The van der Waals surface area contributed by atoms with Crippen molar-refractivity contribution < 1.29 is 9.47 Å². The molecule has 5 heteroatoms. The highest BCUT2D eigenvalue weighted by Gasteiger charge is 2.10. The van der Waals surface area contributed by atoms with Gasteiger partial charge in [-0.05, 0) is 27.7 Å². The van der Waals surface area contributed by atoms with E-state index in [0.717, 1.165) is 31.9 Å². The predicted octanol–water partition coefficient (Wildman–Crippen LogP) is 1.66. The lowest BCUT2D eigenvalue weighted by Crippen LogP contribution is -2.19. The third-order valence-electron chi connectivity index (χ3n) is 3.07. The van der Waals surface area contributed by atoms with Gasteiger partial charge in [-0.25, -0.2) is 0 Å². The SMILES string of the molecule is COCCNCc1c(C)nn(CCOC(C)C)c1C. The Morgan fingerprint density at radius 1 is 1.26 bits per heavy atom. The Labute approximate surface area is 116 Å². The van der Waals surface area contributed by atoms with Crippen LogP contribution in [0.3, 0.4) is 0 Å². The van der Waals surface area contributed by atoms with Gasteiger partial charge in [0.2, 0.25) is 0 Å². The van der Waals surface area contributed by atoms with Gasteiger partial charge in [0.25, 0.3) is 0 Å². The summed E-state index contributed by atoms with van der Waals surface area (Å²) in [6.07, 6.45) is 0.271. The maximum atomic E-state index is 5.57. The molecule has 1 heterocycles. The molecule has 1 N–H and O–H groups in total. The zero-order valence-corrected chi connectivity index (χ0v) is 12.8. The molecule has 1 aromatic heterocycles. The summed E-state index contributed by atoms with van der Waals surface area (Å²) in [5.41, 5.74) is 3.59. The number of aryl methyl sites for hydroxylation is 1. The molecule has 0 unspecified atom stereocenters. The molecule has 5 nitrogen and oxygen atoms in total. The molecule has 0 saturated heterocycles. The molecule has 110 valence electrons. The molecule has 0 aliphatic rings. The number of methoxy groups -OCH3 is 1. The van der Waals surface area contributed by atoms with Gasteiger partial charge in [0.15, 0.2) is 0 Å². The largest absolute Gasteiger partial charge is 0.383 e. The summed E-state index contributed by atoms with van der Waals surface area (Å²) < 4.78 is 12.6. The van der Waals surface area contributed by atoms with Crippen LogP contribution in [0.1, 0.15) is 30.8 Å². The van der Waals surface area contributed by atoms with Crippen molar-refractivity contribution in [2.24, 2.45) is 0 Å². The first-order valence-electron chi connectivity index (χ1n) is 6.90. The van der Waals surface area contributed by atoms with E-state index in [1.54, 1.807) is 7.11 Å². The Morgan fingerprint density at radius 2 is 2.00 bits per heavy atom. The van der Waals surface area contributed by atoms with Gasteiger partial charge in [0, 0.05) is 31.5 Å². The van der Waals surface area contributed by atoms with Crippen molar-refractivity contribution in [3.63, 3.8) is 0 Å². The number of nitrogens with one attached hydrogen (secondary N) is 1. The molecule has 0 radical (unpaired) electrons. The third kappa shape index (κ3) is 5.30. The number of rotatable bonds is 9. The van der Waals surface area contributed by atoms with Gasteiger partial charge >= 0.3 is 0 Å². The number of hydrogen-bond acceptors (Lipinski definition) is 4. The summed E-state index contributed by atoms with van der Waals surface area (Å²) in [6.45, 7) is 12.2. The lowest BCUT2D eigenvalue weighted by atomic mass is 10.2. The first-order valence-corrected chi connectivity index (χ1v) is 6.90. The van der Waals surface area contributed by atoms with Gasteiger partial charge in [-0.15, -0.1) is 0 Å². The van der Waals surface area contributed by atoms with E-state index in [-0.39, 0.29) is 6.10 Å². The average molecular weight is 269 g/mol. The zero-order valence-electron chi connectivity index (χ0n) is 12.8. The lowest BCUT2D eigenvalue weighted by Gasteiger charge is -2.09. The van der Waals surface area contributed by atoms with Gasteiger partial charge in [-0.2, -0.15) is 5.10 Å². The second kappa shape index (κ2) is 8.30. The number of ether oxygens (including phenoxy) is 2. The maximum Gasteiger partial charge on any atom is 0.0666 e. The Balaban J connectivity index is 2.51. The van der Waals surface area contributed by atoms with Crippen molar-refractivity contribution in [1.82, 2.24) is 15.1 Å². The van der Waals surface area contributed by atoms with Crippen LogP contribution >= 0.6 is 0 Å². The van der Waals surface area contributed by atoms with E-state index in [9.17, 15) is 0 Å². The van der Waals surface area contributed by atoms with E-state index < -0.39 is 0 Å². The minimum atomic E-state index is 0.271. The van der Waals surface area contributed by atoms with E-state index in [0.29, 0.717) is 6.61 Å². The number of hydrogen-bond donors (Lipinski definition) is 1. The minimum Gasteiger partial charge on any atom is -0.383 e. The molecule has 0 atom stereocenters. The van der Waals surface area contributed by atoms with Crippen LogP contribution in [0.4, 0.5) is 0 Å². The van der Waals surface area contributed by atoms with Crippen molar-refractivity contribution in [2.45, 2.75) is 46.9 Å². The van der Waals surface area contributed by atoms with E-state index in [2.05, 4.69) is 24.3 Å². The summed E-state index contributed by atoms with van der Waals surface area (Å²) in [6, 6.07) is 0. The summed E-state index contributed by atoms with van der Waals surface area (Å²) in [7, 11) is 1.71. The molecule has 1 rings (SSSR count). The smallest absolute Gasteiger partial charge is 0.0666 e. The fourth-order valence-electron chi connectivity index (χ4n) is 1.97. The zero-order chi connectivity index (χ0) is 14.3. The van der Waals surface area contributed by atoms with Crippen LogP contribution < -0.4 is 5.32 Å². The first-order chi connectivity index (χ1) is 9.06. The average Bonchev–Trinajstić information content (AvgIpc) is 2.61. The Morgan fingerprint density at radius 3 is 2.63 bits per heavy atom. The highest BCUT2D eigenvalue weighted by atomic mass is 16.5. The molecule has 0 spiro atoms. The topological polar surface area (TPSA) is 48.3 Å². The molecule has 0 bridgehead atoms. The number of aromatic nitrogens is 2. The highest BCUT2D eigenvalue weighted by molar-refractivity contribution is 5.24. The minimum absolute atomic E-state index is 0.271. The van der Waals surface area contributed by atoms with Crippen molar-refractivity contribution >= 4 is 0 Å². The van der Waals surface area contributed by atoms with Crippen molar-refractivity contribution in [3.8, 4) is 0 Å². The molecule has 0 amide bonds. The Bertz CT molecular complexity index is 375. The summed E-state index contributed by atoms with van der Waals surface area (Å²) >= 11 is 0. The first kappa shape index (κ1) is 16.1. The molecule has 0 aliphatic carbocycles. The van der Waals surface area contributed by atoms with Gasteiger partial charge in [0.1, 0.15) is 0 Å². The fraction of sp³-hybridized carbons (Fsp3) is 0.786. The summed E-state index contributed by atoms with van der Waals surface area (Å²) in [5.74, 6) is 0. The third-order valence-corrected chi connectivity index (χ3v) is 3.07. The van der Waals surface area contributed by atoms with E-state index >= 15 is 0 Å². The normalized spacial score (nSPS) is 11.5. The summed E-state index contributed by atoms with van der Waals surface area (Å²) in [4.78, 5) is 0. The number of nitrogens with zero attached hydrogens (tertiary/aromatic N) is 2. The molecular weight excluding hydrogens is 242 g/mol. The maximum absolute atomic E-state index is 5.57. The van der Waals surface area contributed by atoms with Crippen LogP contribution in [0.15, 0.2) is 0 Å². The second-order valence-corrected chi connectivity index (χ2v) is 4.96. The standard InChI is InChI=1S/C14H27N3O2/c1-11(2)19-9-7-17-13(4)14(12(3)16-17)10-15-6-8-18-5/h11,15H,6-10H2,1-5H3. The molecule has 1 aromatic rings. The van der Waals surface area contributed by atoms with Crippen LogP contribution in [0.25, 0.3) is 0 Å².